The first-order valence-electron chi connectivity index (χ1n) is 5.72. The van der Waals surface area contributed by atoms with Crippen LogP contribution in [-0.4, -0.2) is 20.3 Å². The Bertz CT molecular complexity index is 545. The van der Waals surface area contributed by atoms with Gasteiger partial charge in [0.15, 0.2) is 0 Å². The van der Waals surface area contributed by atoms with Crippen molar-refractivity contribution in [2.24, 2.45) is 4.99 Å². The number of halogens is 1. The molecule has 0 amide bonds. The number of anilines is 1. The van der Waals surface area contributed by atoms with E-state index in [0.717, 1.165) is 16.9 Å². The molecule has 18 heavy (non-hydrogen) atoms. The number of rotatable bonds is 3. The molecule has 3 heteroatoms. The van der Waals surface area contributed by atoms with Crippen molar-refractivity contribution in [2.75, 3.05) is 19.0 Å². The van der Waals surface area contributed by atoms with Crippen molar-refractivity contribution in [1.82, 2.24) is 0 Å². The maximum absolute atomic E-state index is 13.0. The molecule has 0 spiro atoms. The fourth-order valence-electron chi connectivity index (χ4n) is 1.57. The van der Waals surface area contributed by atoms with Gasteiger partial charge in [-0.15, -0.1) is 0 Å². The second-order valence-electron chi connectivity index (χ2n) is 4.22. The Balaban J connectivity index is 2.14. The van der Waals surface area contributed by atoms with Crippen LogP contribution >= 0.6 is 0 Å². The van der Waals surface area contributed by atoms with Gasteiger partial charge in [-0.3, -0.25) is 4.99 Å². The molecule has 0 aromatic heterocycles. The normalized spacial score (nSPS) is 10.8. The van der Waals surface area contributed by atoms with Crippen LogP contribution in [0.5, 0.6) is 0 Å². The molecule has 0 aliphatic carbocycles. The summed E-state index contributed by atoms with van der Waals surface area (Å²) >= 11 is 0. The summed E-state index contributed by atoms with van der Waals surface area (Å²) in [6.45, 7) is 0. The molecule has 2 rings (SSSR count). The third-order valence-corrected chi connectivity index (χ3v) is 2.58. The molecule has 2 aromatic rings. The van der Waals surface area contributed by atoms with Gasteiger partial charge >= 0.3 is 0 Å². The van der Waals surface area contributed by atoms with Crippen LogP contribution < -0.4 is 4.90 Å². The van der Waals surface area contributed by atoms with E-state index < -0.39 is 0 Å². The van der Waals surface area contributed by atoms with Gasteiger partial charge in [0.05, 0.1) is 5.69 Å². The van der Waals surface area contributed by atoms with Crippen LogP contribution in [0.3, 0.4) is 0 Å². The zero-order chi connectivity index (χ0) is 13.0. The summed E-state index contributed by atoms with van der Waals surface area (Å²) in [5.74, 6) is -0.248. The summed E-state index contributed by atoms with van der Waals surface area (Å²) in [5.41, 5.74) is 2.73. The topological polar surface area (TPSA) is 15.6 Å². The number of aliphatic imine (C=N–C) groups is 1. The van der Waals surface area contributed by atoms with Crippen molar-refractivity contribution < 1.29 is 4.39 Å². The van der Waals surface area contributed by atoms with E-state index in [4.69, 9.17) is 0 Å². The van der Waals surface area contributed by atoms with Crippen LogP contribution in [0.15, 0.2) is 53.5 Å². The first kappa shape index (κ1) is 12.3. The minimum Gasteiger partial charge on any atom is -0.378 e. The molecule has 0 unspecified atom stereocenters. The Morgan fingerprint density at radius 1 is 1.06 bits per heavy atom. The van der Waals surface area contributed by atoms with Crippen molar-refractivity contribution in [3.05, 3.63) is 59.9 Å². The van der Waals surface area contributed by atoms with Gasteiger partial charge in [0.1, 0.15) is 5.82 Å². The maximum atomic E-state index is 13.0. The average molecular weight is 242 g/mol. The van der Waals surface area contributed by atoms with E-state index in [1.54, 1.807) is 12.3 Å². The van der Waals surface area contributed by atoms with E-state index >= 15 is 0 Å². The second-order valence-corrected chi connectivity index (χ2v) is 4.22. The van der Waals surface area contributed by atoms with Crippen molar-refractivity contribution >= 4 is 17.6 Å². The lowest BCUT2D eigenvalue weighted by molar-refractivity contribution is 0.627. The molecular weight excluding hydrogens is 227 g/mol. The Hall–Kier alpha value is -2.16. The number of hydrogen-bond acceptors (Lipinski definition) is 2. The minimum absolute atomic E-state index is 0.248. The van der Waals surface area contributed by atoms with Crippen LogP contribution in [0.25, 0.3) is 0 Å². The third-order valence-electron chi connectivity index (χ3n) is 2.58. The van der Waals surface area contributed by atoms with E-state index in [2.05, 4.69) is 4.99 Å². The summed E-state index contributed by atoms with van der Waals surface area (Å²) in [5, 5.41) is 0. The molecule has 92 valence electrons. The zero-order valence-electron chi connectivity index (χ0n) is 10.5. The number of nitrogens with zero attached hydrogens (tertiary/aromatic N) is 2. The molecule has 0 fully saturated rings. The van der Waals surface area contributed by atoms with Crippen LogP contribution in [0.2, 0.25) is 0 Å². The predicted octanol–water partition coefficient (Wildman–Crippen LogP) is 3.64. The zero-order valence-corrected chi connectivity index (χ0v) is 10.5. The molecule has 0 heterocycles. The lowest BCUT2D eigenvalue weighted by Gasteiger charge is -2.11. The van der Waals surface area contributed by atoms with E-state index in [9.17, 15) is 4.39 Å². The van der Waals surface area contributed by atoms with Crippen LogP contribution in [0.1, 0.15) is 5.56 Å². The van der Waals surface area contributed by atoms with Gasteiger partial charge in [-0.25, -0.2) is 4.39 Å². The molecule has 2 aromatic carbocycles. The van der Waals surface area contributed by atoms with Gasteiger partial charge < -0.3 is 4.90 Å². The van der Waals surface area contributed by atoms with E-state index in [1.165, 1.54) is 12.1 Å². The lowest BCUT2D eigenvalue weighted by Crippen LogP contribution is -2.07. The van der Waals surface area contributed by atoms with Crippen molar-refractivity contribution in [1.29, 1.82) is 0 Å². The summed E-state index contributed by atoms with van der Waals surface area (Å²) in [4.78, 5) is 6.34. The highest BCUT2D eigenvalue weighted by atomic mass is 19.1. The Kier molecular flexibility index (Phi) is 3.72. The van der Waals surface area contributed by atoms with Gasteiger partial charge in [0.25, 0.3) is 0 Å². The lowest BCUT2D eigenvalue weighted by atomic mass is 10.2. The Morgan fingerprint density at radius 3 is 2.39 bits per heavy atom. The van der Waals surface area contributed by atoms with Gasteiger partial charge in [0.2, 0.25) is 0 Å². The second kappa shape index (κ2) is 5.45. The molecule has 0 bridgehead atoms. The first-order chi connectivity index (χ1) is 8.65. The van der Waals surface area contributed by atoms with Crippen molar-refractivity contribution in [3.63, 3.8) is 0 Å². The standard InChI is InChI=1S/C15H15FN2/c1-18(2)15-8-6-14(7-9-15)17-11-12-4-3-5-13(16)10-12/h3-11H,1-2H3. The van der Waals surface area contributed by atoms with E-state index in [1.807, 2.05) is 49.3 Å². The number of hydrogen-bond donors (Lipinski definition) is 0. The van der Waals surface area contributed by atoms with Crippen LogP contribution in [0.4, 0.5) is 15.8 Å². The SMILES string of the molecule is CN(C)c1ccc(N=Cc2cccc(F)c2)cc1. The largest absolute Gasteiger partial charge is 0.378 e. The highest BCUT2D eigenvalue weighted by molar-refractivity contribution is 5.81. The van der Waals surface area contributed by atoms with Crippen LogP contribution in [-0.2, 0) is 0 Å². The highest BCUT2D eigenvalue weighted by Crippen LogP contribution is 2.18. The van der Waals surface area contributed by atoms with Crippen molar-refractivity contribution in [2.45, 2.75) is 0 Å². The molecule has 2 nitrogen and oxygen atoms in total. The van der Waals surface area contributed by atoms with Gasteiger partial charge in [-0.1, -0.05) is 12.1 Å². The molecule has 0 N–H and O–H groups in total. The monoisotopic (exact) mass is 242 g/mol. The fraction of sp³-hybridized carbons (Fsp3) is 0.133. The quantitative estimate of drug-likeness (QED) is 0.750. The molecule has 0 atom stereocenters. The molecule has 0 saturated carbocycles. The van der Waals surface area contributed by atoms with E-state index in [0.29, 0.717) is 0 Å². The smallest absolute Gasteiger partial charge is 0.123 e. The Labute approximate surface area is 106 Å². The first-order valence-corrected chi connectivity index (χ1v) is 5.72. The predicted molar refractivity (Wildman–Crippen MR) is 74.4 cm³/mol. The summed E-state index contributed by atoms with van der Waals surface area (Å²) in [6, 6.07) is 14.2. The fourth-order valence-corrected chi connectivity index (χ4v) is 1.57. The van der Waals surface area contributed by atoms with Crippen LogP contribution in [0, 0.1) is 5.82 Å². The molecule has 0 radical (unpaired) electrons. The van der Waals surface area contributed by atoms with Gasteiger partial charge in [-0.2, -0.15) is 0 Å². The van der Waals surface area contributed by atoms with Gasteiger partial charge in [-0.05, 0) is 42.0 Å². The minimum atomic E-state index is -0.248. The average Bonchev–Trinajstić information content (AvgIpc) is 2.37. The summed E-state index contributed by atoms with van der Waals surface area (Å²) in [7, 11) is 3.98. The molecular formula is C15H15FN2. The summed E-state index contributed by atoms with van der Waals surface area (Å²) < 4.78 is 13.0. The maximum Gasteiger partial charge on any atom is 0.123 e. The Morgan fingerprint density at radius 2 is 1.78 bits per heavy atom. The molecule has 0 aliphatic rings. The van der Waals surface area contributed by atoms with E-state index in [-0.39, 0.29) is 5.82 Å². The third kappa shape index (κ3) is 3.17. The summed E-state index contributed by atoms with van der Waals surface area (Å²) in [6.07, 6.45) is 1.66. The van der Waals surface area contributed by atoms with Gasteiger partial charge in [0, 0.05) is 26.0 Å². The molecule has 0 aliphatic heterocycles. The number of benzene rings is 2. The highest BCUT2D eigenvalue weighted by Gasteiger charge is 1.95. The van der Waals surface area contributed by atoms with Crippen molar-refractivity contribution in [3.8, 4) is 0 Å². The molecule has 0 saturated heterocycles.